The molecular weight excluding hydrogens is 193 g/mol. The predicted molar refractivity (Wildman–Crippen MR) is 56.1 cm³/mol. The molecule has 0 aliphatic rings. The van der Waals surface area contributed by atoms with Crippen molar-refractivity contribution in [3.8, 4) is 5.69 Å². The first kappa shape index (κ1) is 9.86. The molecule has 0 radical (unpaired) electrons. The average molecular weight is 205 g/mol. The van der Waals surface area contributed by atoms with Crippen molar-refractivity contribution in [3.05, 3.63) is 48.3 Å². The van der Waals surface area contributed by atoms with Crippen LogP contribution in [0.3, 0.4) is 0 Å². The zero-order valence-corrected chi connectivity index (χ0v) is 8.39. The minimum atomic E-state index is -0.289. The Morgan fingerprint density at radius 3 is 2.87 bits per heavy atom. The molecule has 1 aromatic heterocycles. The topological polar surface area (TPSA) is 43.8 Å². The molecule has 2 N–H and O–H groups in total. The molecule has 2 aromatic rings. The highest BCUT2D eigenvalue weighted by Gasteiger charge is 2.12. The Kier molecular flexibility index (Phi) is 2.51. The van der Waals surface area contributed by atoms with Crippen LogP contribution in [0.25, 0.3) is 5.69 Å². The lowest BCUT2D eigenvalue weighted by atomic mass is 10.1. The molecule has 0 spiro atoms. The molecular formula is C11H12FN3. The standard InChI is InChI=1S/C11H12FN3/c1-8(13)9-3-2-4-10(12)11(9)15-6-5-14-7-15/h2-8H,13H2,1H3/t8-/m0/s1. The van der Waals surface area contributed by atoms with E-state index < -0.39 is 0 Å². The first-order chi connectivity index (χ1) is 7.20. The second kappa shape index (κ2) is 3.82. The average Bonchev–Trinajstić information content (AvgIpc) is 2.70. The molecule has 4 heteroatoms. The minimum absolute atomic E-state index is 0.210. The zero-order valence-electron chi connectivity index (χ0n) is 8.39. The van der Waals surface area contributed by atoms with E-state index in [1.165, 1.54) is 6.07 Å². The Balaban J connectivity index is 2.63. The van der Waals surface area contributed by atoms with E-state index in [1.807, 2.05) is 13.0 Å². The van der Waals surface area contributed by atoms with E-state index >= 15 is 0 Å². The number of aromatic nitrogens is 2. The molecule has 0 saturated carbocycles. The molecule has 1 heterocycles. The number of nitrogens with zero attached hydrogens (tertiary/aromatic N) is 2. The van der Waals surface area contributed by atoms with Gasteiger partial charge in [0.2, 0.25) is 0 Å². The number of imidazole rings is 1. The van der Waals surface area contributed by atoms with Gasteiger partial charge in [0.1, 0.15) is 5.82 Å². The highest BCUT2D eigenvalue weighted by molar-refractivity contribution is 5.43. The summed E-state index contributed by atoms with van der Waals surface area (Å²) in [5.74, 6) is -0.289. The van der Waals surface area contributed by atoms with Crippen LogP contribution in [0.1, 0.15) is 18.5 Å². The number of halogens is 1. The Hall–Kier alpha value is -1.68. The summed E-state index contributed by atoms with van der Waals surface area (Å²) in [6.45, 7) is 1.83. The van der Waals surface area contributed by atoms with Crippen molar-refractivity contribution in [2.24, 2.45) is 5.73 Å². The van der Waals surface area contributed by atoms with Crippen molar-refractivity contribution >= 4 is 0 Å². The maximum Gasteiger partial charge on any atom is 0.147 e. The van der Waals surface area contributed by atoms with Gasteiger partial charge in [-0.15, -0.1) is 0 Å². The Morgan fingerprint density at radius 1 is 1.47 bits per heavy atom. The van der Waals surface area contributed by atoms with E-state index in [9.17, 15) is 4.39 Å². The van der Waals surface area contributed by atoms with Crippen molar-refractivity contribution < 1.29 is 4.39 Å². The van der Waals surface area contributed by atoms with Gasteiger partial charge < -0.3 is 10.3 Å². The number of hydrogen-bond acceptors (Lipinski definition) is 2. The number of para-hydroxylation sites is 1. The van der Waals surface area contributed by atoms with Crippen LogP contribution in [-0.4, -0.2) is 9.55 Å². The van der Waals surface area contributed by atoms with E-state index in [1.54, 1.807) is 29.4 Å². The quantitative estimate of drug-likeness (QED) is 0.815. The summed E-state index contributed by atoms with van der Waals surface area (Å²) in [7, 11) is 0. The Bertz CT molecular complexity index is 449. The van der Waals surface area contributed by atoms with Gasteiger partial charge in [0.25, 0.3) is 0 Å². The number of hydrogen-bond donors (Lipinski definition) is 1. The lowest BCUT2D eigenvalue weighted by Crippen LogP contribution is -2.10. The lowest BCUT2D eigenvalue weighted by molar-refractivity contribution is 0.611. The molecule has 2 rings (SSSR count). The van der Waals surface area contributed by atoms with Crippen LogP contribution >= 0.6 is 0 Å². The fraction of sp³-hybridized carbons (Fsp3) is 0.182. The monoisotopic (exact) mass is 205 g/mol. The van der Waals surface area contributed by atoms with Gasteiger partial charge >= 0.3 is 0 Å². The first-order valence-corrected chi connectivity index (χ1v) is 4.72. The van der Waals surface area contributed by atoms with Crippen molar-refractivity contribution in [2.75, 3.05) is 0 Å². The van der Waals surface area contributed by atoms with E-state index in [4.69, 9.17) is 5.73 Å². The van der Waals surface area contributed by atoms with Gasteiger partial charge in [-0.2, -0.15) is 0 Å². The van der Waals surface area contributed by atoms with E-state index in [2.05, 4.69) is 4.98 Å². The van der Waals surface area contributed by atoms with Crippen LogP contribution in [-0.2, 0) is 0 Å². The van der Waals surface area contributed by atoms with Crippen LogP contribution in [0.5, 0.6) is 0 Å². The second-order valence-electron chi connectivity index (χ2n) is 3.44. The summed E-state index contributed by atoms with van der Waals surface area (Å²) in [5, 5.41) is 0. The highest BCUT2D eigenvalue weighted by Crippen LogP contribution is 2.22. The van der Waals surface area contributed by atoms with Crippen LogP contribution < -0.4 is 5.73 Å². The normalized spacial score (nSPS) is 12.7. The third kappa shape index (κ3) is 1.76. The van der Waals surface area contributed by atoms with Gasteiger partial charge in [0.15, 0.2) is 0 Å². The van der Waals surface area contributed by atoms with Gasteiger partial charge in [-0.3, -0.25) is 0 Å². The predicted octanol–water partition coefficient (Wildman–Crippen LogP) is 2.03. The van der Waals surface area contributed by atoms with Crippen molar-refractivity contribution in [2.45, 2.75) is 13.0 Å². The third-order valence-electron chi connectivity index (χ3n) is 2.27. The maximum atomic E-state index is 13.7. The smallest absolute Gasteiger partial charge is 0.147 e. The van der Waals surface area contributed by atoms with Crippen molar-refractivity contribution in [1.82, 2.24) is 9.55 Å². The summed E-state index contributed by atoms with van der Waals surface area (Å²) in [6.07, 6.45) is 4.87. The van der Waals surface area contributed by atoms with Crippen LogP contribution in [0.15, 0.2) is 36.9 Å². The summed E-state index contributed by atoms with van der Waals surface area (Å²) >= 11 is 0. The largest absolute Gasteiger partial charge is 0.324 e. The van der Waals surface area contributed by atoms with E-state index in [0.717, 1.165) is 5.56 Å². The molecule has 78 valence electrons. The molecule has 0 bridgehead atoms. The molecule has 0 fully saturated rings. The molecule has 15 heavy (non-hydrogen) atoms. The van der Waals surface area contributed by atoms with E-state index in [0.29, 0.717) is 5.69 Å². The first-order valence-electron chi connectivity index (χ1n) is 4.72. The van der Waals surface area contributed by atoms with Gasteiger partial charge in [-0.1, -0.05) is 12.1 Å². The number of rotatable bonds is 2. The van der Waals surface area contributed by atoms with Gasteiger partial charge in [0, 0.05) is 18.4 Å². The van der Waals surface area contributed by atoms with Gasteiger partial charge in [-0.25, -0.2) is 9.37 Å². The minimum Gasteiger partial charge on any atom is -0.324 e. The van der Waals surface area contributed by atoms with Gasteiger partial charge in [-0.05, 0) is 18.6 Å². The van der Waals surface area contributed by atoms with Gasteiger partial charge in [0.05, 0.1) is 12.0 Å². The zero-order chi connectivity index (χ0) is 10.8. The second-order valence-corrected chi connectivity index (χ2v) is 3.44. The molecule has 3 nitrogen and oxygen atoms in total. The van der Waals surface area contributed by atoms with Crippen molar-refractivity contribution in [3.63, 3.8) is 0 Å². The molecule has 0 aliphatic carbocycles. The molecule has 1 atom stereocenters. The fourth-order valence-corrected chi connectivity index (χ4v) is 1.56. The highest BCUT2D eigenvalue weighted by atomic mass is 19.1. The summed E-state index contributed by atoms with van der Waals surface area (Å²) in [4.78, 5) is 3.90. The molecule has 0 unspecified atom stereocenters. The SMILES string of the molecule is C[C@H](N)c1cccc(F)c1-n1ccnc1. The summed E-state index contributed by atoms with van der Waals surface area (Å²) in [5.41, 5.74) is 7.04. The Morgan fingerprint density at radius 2 is 2.27 bits per heavy atom. The number of nitrogens with two attached hydrogens (primary N) is 1. The molecule has 0 saturated heterocycles. The van der Waals surface area contributed by atoms with Crippen LogP contribution in [0.4, 0.5) is 4.39 Å². The van der Waals surface area contributed by atoms with E-state index in [-0.39, 0.29) is 11.9 Å². The summed E-state index contributed by atoms with van der Waals surface area (Å²) in [6, 6.07) is 4.69. The maximum absolute atomic E-state index is 13.7. The fourth-order valence-electron chi connectivity index (χ4n) is 1.56. The number of benzene rings is 1. The molecule has 1 aromatic carbocycles. The van der Waals surface area contributed by atoms with Crippen LogP contribution in [0, 0.1) is 5.82 Å². The molecule has 0 aliphatic heterocycles. The lowest BCUT2D eigenvalue weighted by Gasteiger charge is -2.13. The summed E-state index contributed by atoms with van der Waals surface area (Å²) < 4.78 is 15.3. The van der Waals surface area contributed by atoms with Crippen molar-refractivity contribution in [1.29, 1.82) is 0 Å². The Labute approximate surface area is 87.4 Å². The molecule has 0 amide bonds. The third-order valence-corrected chi connectivity index (χ3v) is 2.27. The van der Waals surface area contributed by atoms with Crippen LogP contribution in [0.2, 0.25) is 0 Å².